The van der Waals surface area contributed by atoms with Gasteiger partial charge in [-0.3, -0.25) is 4.79 Å². The molecule has 0 fully saturated rings. The summed E-state index contributed by atoms with van der Waals surface area (Å²) in [5.74, 6) is 0.0533. The zero-order valence-corrected chi connectivity index (χ0v) is 7.79. The smallest absolute Gasteiger partial charge is 0.152 e. The van der Waals surface area contributed by atoms with Crippen molar-refractivity contribution in [3.63, 3.8) is 0 Å². The highest BCUT2D eigenvalue weighted by atomic mass is 16.1. The first kappa shape index (κ1) is 8.97. The first-order chi connectivity index (χ1) is 6.81. The number of hydrogen-bond acceptors (Lipinski definition) is 2. The van der Waals surface area contributed by atoms with Crippen LogP contribution in [-0.4, -0.2) is 17.3 Å². The van der Waals surface area contributed by atoms with Crippen LogP contribution >= 0.6 is 0 Å². The molecule has 1 aromatic carbocycles. The maximum atomic E-state index is 11.2. The van der Waals surface area contributed by atoms with E-state index in [0.29, 0.717) is 6.42 Å². The summed E-state index contributed by atoms with van der Waals surface area (Å²) in [5.41, 5.74) is 6.22. The molecule has 0 aliphatic heterocycles. The number of fused-ring (bicyclic) bond motifs is 1. The van der Waals surface area contributed by atoms with Crippen LogP contribution in [0.25, 0.3) is 10.8 Å². The van der Waals surface area contributed by atoms with Crippen molar-refractivity contribution in [2.75, 3.05) is 6.54 Å². The number of carbonyl (C=O) groups excluding carboxylic acids is 1. The van der Waals surface area contributed by atoms with Crippen LogP contribution in [0.4, 0.5) is 0 Å². The van der Waals surface area contributed by atoms with Gasteiger partial charge in [0.2, 0.25) is 0 Å². The summed E-state index contributed by atoms with van der Waals surface area (Å²) in [4.78, 5) is 14.3. The summed E-state index contributed by atoms with van der Waals surface area (Å²) < 4.78 is 0. The molecule has 0 amide bonds. The van der Waals surface area contributed by atoms with Crippen LogP contribution in [0.3, 0.4) is 0 Å². The molecule has 2 rings (SSSR count). The van der Waals surface area contributed by atoms with E-state index < -0.39 is 0 Å². The SMILES string of the molecule is NCC(=O)Cc1[nH]cc2ccccc12. The van der Waals surface area contributed by atoms with E-state index in [1.807, 2.05) is 30.5 Å². The van der Waals surface area contributed by atoms with Crippen LogP contribution in [0.2, 0.25) is 0 Å². The number of Topliss-reactive ketones (excluding diaryl/α,β-unsaturated/α-hetero) is 1. The van der Waals surface area contributed by atoms with Crippen LogP contribution < -0.4 is 5.73 Å². The molecule has 14 heavy (non-hydrogen) atoms. The van der Waals surface area contributed by atoms with E-state index in [1.165, 1.54) is 0 Å². The number of carbonyl (C=O) groups is 1. The number of ketones is 1. The van der Waals surface area contributed by atoms with Crippen LogP contribution in [0.5, 0.6) is 0 Å². The lowest BCUT2D eigenvalue weighted by molar-refractivity contribution is -0.117. The molecule has 3 nitrogen and oxygen atoms in total. The number of nitrogens with one attached hydrogen (secondary N) is 1. The van der Waals surface area contributed by atoms with Crippen molar-refractivity contribution in [1.82, 2.24) is 4.98 Å². The van der Waals surface area contributed by atoms with Crippen molar-refractivity contribution in [1.29, 1.82) is 0 Å². The molecule has 0 unspecified atom stereocenters. The normalized spacial score (nSPS) is 10.6. The average Bonchev–Trinajstić information content (AvgIpc) is 2.62. The van der Waals surface area contributed by atoms with Gasteiger partial charge in [-0.25, -0.2) is 0 Å². The van der Waals surface area contributed by atoms with Gasteiger partial charge in [0, 0.05) is 23.7 Å². The number of H-pyrrole nitrogens is 1. The molecule has 0 aliphatic carbocycles. The topological polar surface area (TPSA) is 58.9 Å². The fraction of sp³-hybridized carbons (Fsp3) is 0.182. The molecule has 0 saturated heterocycles. The second-order valence-electron chi connectivity index (χ2n) is 3.27. The van der Waals surface area contributed by atoms with E-state index in [2.05, 4.69) is 4.98 Å². The van der Waals surface area contributed by atoms with E-state index in [-0.39, 0.29) is 12.3 Å². The predicted octanol–water partition coefficient (Wildman–Crippen LogP) is 1.24. The van der Waals surface area contributed by atoms with Crippen LogP contribution in [0, 0.1) is 0 Å². The highest BCUT2D eigenvalue weighted by molar-refractivity contribution is 5.90. The molecule has 0 spiro atoms. The summed E-state index contributed by atoms with van der Waals surface area (Å²) in [5, 5.41) is 2.24. The van der Waals surface area contributed by atoms with Gasteiger partial charge in [0.25, 0.3) is 0 Å². The molecule has 1 aromatic heterocycles. The van der Waals surface area contributed by atoms with E-state index >= 15 is 0 Å². The monoisotopic (exact) mass is 188 g/mol. The first-order valence-corrected chi connectivity index (χ1v) is 4.58. The third-order valence-electron chi connectivity index (χ3n) is 2.29. The minimum atomic E-state index is 0.0533. The molecule has 0 aliphatic rings. The van der Waals surface area contributed by atoms with Gasteiger partial charge in [-0.2, -0.15) is 0 Å². The maximum Gasteiger partial charge on any atom is 0.152 e. The summed E-state index contributed by atoms with van der Waals surface area (Å²) in [6.07, 6.45) is 2.30. The molecule has 72 valence electrons. The lowest BCUT2D eigenvalue weighted by Crippen LogP contribution is -2.15. The van der Waals surface area contributed by atoms with E-state index in [0.717, 1.165) is 16.5 Å². The van der Waals surface area contributed by atoms with Crippen molar-refractivity contribution >= 4 is 16.6 Å². The average molecular weight is 188 g/mol. The Hall–Kier alpha value is -1.61. The lowest BCUT2D eigenvalue weighted by atomic mass is 10.1. The molecule has 0 radical (unpaired) electrons. The van der Waals surface area contributed by atoms with E-state index in [1.54, 1.807) is 0 Å². The molecular formula is C11H12N2O. The Morgan fingerprint density at radius 2 is 2.14 bits per heavy atom. The minimum absolute atomic E-state index is 0.0533. The highest BCUT2D eigenvalue weighted by Crippen LogP contribution is 2.17. The van der Waals surface area contributed by atoms with Crippen molar-refractivity contribution < 1.29 is 4.79 Å². The summed E-state index contributed by atoms with van der Waals surface area (Å²) in [7, 11) is 0. The summed E-state index contributed by atoms with van der Waals surface area (Å²) >= 11 is 0. The first-order valence-electron chi connectivity index (χ1n) is 4.58. The van der Waals surface area contributed by atoms with E-state index in [4.69, 9.17) is 5.73 Å². The molecule has 0 bridgehead atoms. The largest absolute Gasteiger partial charge is 0.364 e. The predicted molar refractivity (Wildman–Crippen MR) is 56.1 cm³/mol. The van der Waals surface area contributed by atoms with Crippen LogP contribution in [-0.2, 0) is 11.2 Å². The second-order valence-corrected chi connectivity index (χ2v) is 3.27. The van der Waals surface area contributed by atoms with Crippen LogP contribution in [0.15, 0.2) is 30.5 Å². The Morgan fingerprint density at radius 3 is 2.93 bits per heavy atom. The Bertz CT molecular complexity index is 459. The zero-order valence-electron chi connectivity index (χ0n) is 7.79. The summed E-state index contributed by atoms with van der Waals surface area (Å²) in [6.45, 7) is 0.105. The highest BCUT2D eigenvalue weighted by Gasteiger charge is 2.06. The molecule has 0 saturated carbocycles. The molecule has 2 aromatic rings. The van der Waals surface area contributed by atoms with Gasteiger partial charge in [0.05, 0.1) is 6.54 Å². The number of aromatic nitrogens is 1. The fourth-order valence-electron chi connectivity index (χ4n) is 1.56. The Kier molecular flexibility index (Phi) is 2.33. The van der Waals surface area contributed by atoms with E-state index in [9.17, 15) is 4.79 Å². The molecular weight excluding hydrogens is 176 g/mol. The number of rotatable bonds is 3. The zero-order chi connectivity index (χ0) is 9.97. The van der Waals surface area contributed by atoms with Crippen molar-refractivity contribution in [2.24, 2.45) is 5.73 Å². The molecule has 0 atom stereocenters. The quantitative estimate of drug-likeness (QED) is 0.761. The third-order valence-corrected chi connectivity index (χ3v) is 2.29. The van der Waals surface area contributed by atoms with Crippen molar-refractivity contribution in [3.8, 4) is 0 Å². The van der Waals surface area contributed by atoms with Crippen molar-refractivity contribution in [3.05, 3.63) is 36.2 Å². The number of aromatic amines is 1. The molecule has 3 heteroatoms. The van der Waals surface area contributed by atoms with Gasteiger partial charge in [0.15, 0.2) is 5.78 Å². The van der Waals surface area contributed by atoms with Gasteiger partial charge in [-0.15, -0.1) is 0 Å². The Labute approximate surface area is 81.9 Å². The van der Waals surface area contributed by atoms with Gasteiger partial charge in [0.1, 0.15) is 0 Å². The minimum Gasteiger partial charge on any atom is -0.364 e. The molecule has 3 N–H and O–H groups in total. The number of nitrogens with two attached hydrogens (primary N) is 1. The third kappa shape index (κ3) is 1.54. The standard InChI is InChI=1S/C11H12N2O/c12-6-9(14)5-11-10-4-2-1-3-8(10)7-13-11/h1-4,7,13H,5-6,12H2. The Morgan fingerprint density at radius 1 is 1.36 bits per heavy atom. The van der Waals surface area contributed by atoms with Gasteiger partial charge in [-0.05, 0) is 5.39 Å². The van der Waals surface area contributed by atoms with Gasteiger partial charge in [-0.1, -0.05) is 24.3 Å². The Balaban J connectivity index is 2.38. The van der Waals surface area contributed by atoms with Gasteiger partial charge >= 0.3 is 0 Å². The molecule has 1 heterocycles. The summed E-state index contributed by atoms with van der Waals surface area (Å²) in [6, 6.07) is 7.96. The number of benzene rings is 1. The fourth-order valence-corrected chi connectivity index (χ4v) is 1.56. The van der Waals surface area contributed by atoms with Crippen molar-refractivity contribution in [2.45, 2.75) is 6.42 Å². The lowest BCUT2D eigenvalue weighted by Gasteiger charge is -1.96. The second kappa shape index (κ2) is 3.64. The van der Waals surface area contributed by atoms with Gasteiger partial charge < -0.3 is 10.7 Å². The number of hydrogen-bond donors (Lipinski definition) is 2. The maximum absolute atomic E-state index is 11.2. The van der Waals surface area contributed by atoms with Crippen LogP contribution in [0.1, 0.15) is 5.69 Å².